The maximum absolute atomic E-state index is 13.4. The molecule has 0 aliphatic heterocycles. The van der Waals surface area contributed by atoms with Gasteiger partial charge in [-0.3, -0.25) is 18.7 Å². The standard InChI is InChI=1S/C23H24ClN5O5/c1-12(30)18-25-19-17(26(18)5)20(31)28(21(32)27(19)6)11-13-10-14-15(24)8-7-9-16(14)29(13)22(33)34-23(2,3)4/h7-10H,11H2,1-6H3. The molecule has 3 aromatic heterocycles. The number of ether oxygens (including phenoxy) is 1. The van der Waals surface area contributed by atoms with Gasteiger partial charge in [0.25, 0.3) is 5.56 Å². The Hall–Kier alpha value is -3.66. The van der Waals surface area contributed by atoms with Crippen molar-refractivity contribution in [1.82, 2.24) is 23.3 Å². The predicted octanol–water partition coefficient (Wildman–Crippen LogP) is 3.08. The van der Waals surface area contributed by atoms with E-state index in [1.165, 1.54) is 27.7 Å². The molecular weight excluding hydrogens is 462 g/mol. The minimum absolute atomic E-state index is 0.0644. The molecule has 4 rings (SSSR count). The fourth-order valence-electron chi connectivity index (χ4n) is 3.95. The number of benzene rings is 1. The van der Waals surface area contributed by atoms with Crippen molar-refractivity contribution >= 4 is 45.5 Å². The second kappa shape index (κ2) is 7.98. The van der Waals surface area contributed by atoms with Crippen LogP contribution in [0.1, 0.15) is 44.0 Å². The zero-order chi connectivity index (χ0) is 25.1. The van der Waals surface area contributed by atoms with Crippen molar-refractivity contribution in [2.24, 2.45) is 14.1 Å². The van der Waals surface area contributed by atoms with Gasteiger partial charge >= 0.3 is 11.8 Å². The van der Waals surface area contributed by atoms with Gasteiger partial charge in [0.05, 0.1) is 17.8 Å². The summed E-state index contributed by atoms with van der Waals surface area (Å²) in [4.78, 5) is 55.7. The lowest BCUT2D eigenvalue weighted by Crippen LogP contribution is -2.40. The molecule has 0 bridgehead atoms. The summed E-state index contributed by atoms with van der Waals surface area (Å²) in [7, 11) is 3.01. The van der Waals surface area contributed by atoms with Gasteiger partial charge in [0.2, 0.25) is 0 Å². The Bertz CT molecular complexity index is 1610. The van der Waals surface area contributed by atoms with E-state index in [0.29, 0.717) is 21.6 Å². The average Bonchev–Trinajstić information content (AvgIpc) is 3.27. The molecular formula is C23H24ClN5O5. The van der Waals surface area contributed by atoms with Crippen LogP contribution in [-0.2, 0) is 25.4 Å². The lowest BCUT2D eigenvalue weighted by Gasteiger charge is -2.21. The number of hydrogen-bond acceptors (Lipinski definition) is 6. The molecule has 3 heterocycles. The molecule has 4 aromatic rings. The third-order valence-corrected chi connectivity index (χ3v) is 5.77. The van der Waals surface area contributed by atoms with Gasteiger partial charge in [0, 0.05) is 31.4 Å². The average molecular weight is 486 g/mol. The topological polar surface area (TPSA) is 110 Å². The first kappa shape index (κ1) is 23.5. The number of halogens is 1. The molecule has 0 aliphatic carbocycles. The summed E-state index contributed by atoms with van der Waals surface area (Å²) in [6, 6.07) is 6.75. The summed E-state index contributed by atoms with van der Waals surface area (Å²) in [5.74, 6) is -0.272. The van der Waals surface area contributed by atoms with Crippen LogP contribution < -0.4 is 11.2 Å². The third kappa shape index (κ3) is 3.73. The molecule has 178 valence electrons. The minimum Gasteiger partial charge on any atom is -0.443 e. The molecule has 0 spiro atoms. The minimum atomic E-state index is -0.771. The van der Waals surface area contributed by atoms with Crippen molar-refractivity contribution < 1.29 is 14.3 Å². The van der Waals surface area contributed by atoms with E-state index >= 15 is 0 Å². The SMILES string of the molecule is CC(=O)c1nc2c(c(=O)n(Cc3cc4c(Cl)cccc4n3C(=O)OC(C)(C)C)c(=O)n2C)n1C. The van der Waals surface area contributed by atoms with Crippen molar-refractivity contribution in [2.75, 3.05) is 0 Å². The van der Waals surface area contributed by atoms with E-state index in [1.807, 2.05) is 0 Å². The van der Waals surface area contributed by atoms with E-state index in [0.717, 1.165) is 4.57 Å². The first-order valence-electron chi connectivity index (χ1n) is 10.5. The lowest BCUT2D eigenvalue weighted by atomic mass is 10.2. The predicted molar refractivity (Wildman–Crippen MR) is 128 cm³/mol. The van der Waals surface area contributed by atoms with Crippen LogP contribution in [0.2, 0.25) is 5.02 Å². The third-order valence-electron chi connectivity index (χ3n) is 5.44. The van der Waals surface area contributed by atoms with Crippen LogP contribution in [0.4, 0.5) is 4.79 Å². The highest BCUT2D eigenvalue weighted by Crippen LogP contribution is 2.28. The molecule has 0 atom stereocenters. The summed E-state index contributed by atoms with van der Waals surface area (Å²) in [5.41, 5.74) is -1.01. The molecule has 0 aliphatic rings. The summed E-state index contributed by atoms with van der Waals surface area (Å²) in [6.45, 7) is 6.33. The van der Waals surface area contributed by atoms with Gasteiger partial charge in [-0.25, -0.2) is 19.1 Å². The van der Waals surface area contributed by atoms with Crippen LogP contribution >= 0.6 is 11.6 Å². The van der Waals surface area contributed by atoms with Crippen LogP contribution in [0.25, 0.3) is 22.1 Å². The number of aryl methyl sites for hydroxylation is 2. The Balaban J connectivity index is 1.98. The highest BCUT2D eigenvalue weighted by atomic mass is 35.5. The van der Waals surface area contributed by atoms with Crippen molar-refractivity contribution in [3.05, 3.63) is 61.6 Å². The van der Waals surface area contributed by atoms with Gasteiger partial charge in [0.15, 0.2) is 22.8 Å². The highest BCUT2D eigenvalue weighted by molar-refractivity contribution is 6.35. The van der Waals surface area contributed by atoms with E-state index in [9.17, 15) is 19.2 Å². The van der Waals surface area contributed by atoms with E-state index < -0.39 is 22.9 Å². The van der Waals surface area contributed by atoms with Gasteiger partial charge in [0.1, 0.15) is 5.60 Å². The van der Waals surface area contributed by atoms with Gasteiger partial charge in [-0.1, -0.05) is 17.7 Å². The number of carbonyl (C=O) groups excluding carboxylic acids is 2. The van der Waals surface area contributed by atoms with Crippen molar-refractivity contribution in [1.29, 1.82) is 0 Å². The van der Waals surface area contributed by atoms with Crippen LogP contribution in [0.15, 0.2) is 33.9 Å². The van der Waals surface area contributed by atoms with Gasteiger partial charge in [-0.15, -0.1) is 0 Å². The fraction of sp³-hybridized carbons (Fsp3) is 0.348. The Morgan fingerprint density at radius 1 is 1.12 bits per heavy atom. The Morgan fingerprint density at radius 2 is 1.79 bits per heavy atom. The van der Waals surface area contributed by atoms with Crippen molar-refractivity contribution in [2.45, 2.75) is 39.8 Å². The smallest absolute Gasteiger partial charge is 0.419 e. The molecule has 1 aromatic carbocycles. The Kier molecular flexibility index (Phi) is 5.52. The number of rotatable bonds is 3. The number of aromatic nitrogens is 5. The molecule has 34 heavy (non-hydrogen) atoms. The van der Waals surface area contributed by atoms with E-state index in [-0.39, 0.29) is 29.3 Å². The zero-order valence-corrected chi connectivity index (χ0v) is 20.4. The largest absolute Gasteiger partial charge is 0.443 e. The number of fused-ring (bicyclic) bond motifs is 2. The molecule has 0 radical (unpaired) electrons. The Labute approximate surface area is 198 Å². The van der Waals surface area contributed by atoms with E-state index in [4.69, 9.17) is 16.3 Å². The molecule has 11 heteroatoms. The maximum Gasteiger partial charge on any atom is 0.419 e. The summed E-state index contributed by atoms with van der Waals surface area (Å²) in [6.07, 6.45) is -0.662. The van der Waals surface area contributed by atoms with Crippen LogP contribution in [-0.4, -0.2) is 40.7 Å². The van der Waals surface area contributed by atoms with Gasteiger partial charge < -0.3 is 9.30 Å². The molecule has 0 amide bonds. The highest BCUT2D eigenvalue weighted by Gasteiger charge is 2.25. The number of carbonyl (C=O) groups is 2. The summed E-state index contributed by atoms with van der Waals surface area (Å²) >= 11 is 6.36. The van der Waals surface area contributed by atoms with Crippen molar-refractivity contribution in [3.8, 4) is 0 Å². The van der Waals surface area contributed by atoms with Crippen molar-refractivity contribution in [3.63, 3.8) is 0 Å². The molecule has 0 fully saturated rings. The molecule has 0 N–H and O–H groups in total. The number of Topliss-reactive ketones (excluding diaryl/α,β-unsaturated/α-hetero) is 1. The zero-order valence-electron chi connectivity index (χ0n) is 19.7. The van der Waals surface area contributed by atoms with E-state index in [1.54, 1.807) is 52.1 Å². The molecule has 0 unspecified atom stereocenters. The number of nitrogens with zero attached hydrogens (tertiary/aromatic N) is 5. The van der Waals surface area contributed by atoms with Gasteiger partial charge in [-0.05, 0) is 39.0 Å². The second-order valence-corrected chi connectivity index (χ2v) is 9.49. The number of ketones is 1. The molecule has 0 saturated carbocycles. The summed E-state index contributed by atoms with van der Waals surface area (Å²) < 4.78 is 10.5. The molecule has 10 nitrogen and oxygen atoms in total. The van der Waals surface area contributed by atoms with Crippen LogP contribution in [0, 0.1) is 0 Å². The monoisotopic (exact) mass is 485 g/mol. The normalized spacial score (nSPS) is 12.0. The lowest BCUT2D eigenvalue weighted by molar-refractivity contribution is 0.0539. The number of hydrogen-bond donors (Lipinski definition) is 0. The fourth-order valence-corrected chi connectivity index (χ4v) is 4.17. The van der Waals surface area contributed by atoms with Gasteiger partial charge in [-0.2, -0.15) is 0 Å². The van der Waals surface area contributed by atoms with Crippen LogP contribution in [0.3, 0.4) is 0 Å². The first-order chi connectivity index (χ1) is 15.8. The first-order valence-corrected chi connectivity index (χ1v) is 10.9. The quantitative estimate of drug-likeness (QED) is 0.412. The van der Waals surface area contributed by atoms with Crippen LogP contribution in [0.5, 0.6) is 0 Å². The second-order valence-electron chi connectivity index (χ2n) is 9.08. The molecule has 0 saturated heterocycles. The Morgan fingerprint density at radius 3 is 2.41 bits per heavy atom. The van der Waals surface area contributed by atoms with E-state index in [2.05, 4.69) is 4.98 Å². The summed E-state index contributed by atoms with van der Waals surface area (Å²) in [5, 5.41) is 0.991. The number of imidazole rings is 1. The maximum atomic E-state index is 13.4.